The van der Waals surface area contributed by atoms with Crippen molar-refractivity contribution >= 4 is 17.5 Å². The second kappa shape index (κ2) is 5.52. The molecule has 1 aromatic carbocycles. The Kier molecular flexibility index (Phi) is 3.56. The SMILES string of the molecule is Cc1cccc(C)c1Nc1nccc(C(=O)NC2CC2)n1. The molecule has 1 amide bonds. The van der Waals surface area contributed by atoms with Gasteiger partial charge in [-0.15, -0.1) is 0 Å². The molecule has 0 bridgehead atoms. The van der Waals surface area contributed by atoms with Crippen LogP contribution >= 0.6 is 0 Å². The van der Waals surface area contributed by atoms with Crippen LogP contribution in [0, 0.1) is 13.8 Å². The monoisotopic (exact) mass is 282 g/mol. The lowest BCUT2D eigenvalue weighted by atomic mass is 10.1. The van der Waals surface area contributed by atoms with Crippen LogP contribution in [0.5, 0.6) is 0 Å². The van der Waals surface area contributed by atoms with Crippen molar-refractivity contribution in [2.45, 2.75) is 32.7 Å². The molecule has 1 aromatic heterocycles. The molecule has 0 unspecified atom stereocenters. The summed E-state index contributed by atoms with van der Waals surface area (Å²) in [6, 6.07) is 8.02. The first-order valence-corrected chi connectivity index (χ1v) is 7.10. The van der Waals surface area contributed by atoms with Gasteiger partial charge in [-0.05, 0) is 43.9 Å². The normalized spacial score (nSPS) is 13.8. The fourth-order valence-electron chi connectivity index (χ4n) is 2.16. The van der Waals surface area contributed by atoms with Crippen LogP contribution in [0.1, 0.15) is 34.5 Å². The fourth-order valence-corrected chi connectivity index (χ4v) is 2.16. The van der Waals surface area contributed by atoms with Gasteiger partial charge in [0.1, 0.15) is 5.69 Å². The maximum atomic E-state index is 12.0. The fraction of sp³-hybridized carbons (Fsp3) is 0.312. The van der Waals surface area contributed by atoms with Crippen molar-refractivity contribution in [2.75, 3.05) is 5.32 Å². The first-order chi connectivity index (χ1) is 10.1. The summed E-state index contributed by atoms with van der Waals surface area (Å²) in [5, 5.41) is 6.13. The van der Waals surface area contributed by atoms with E-state index in [1.165, 1.54) is 0 Å². The van der Waals surface area contributed by atoms with Crippen LogP contribution in [0.15, 0.2) is 30.5 Å². The van der Waals surface area contributed by atoms with Crippen LogP contribution in [0.2, 0.25) is 0 Å². The van der Waals surface area contributed by atoms with Crippen LogP contribution in [0.4, 0.5) is 11.6 Å². The number of aryl methyl sites for hydroxylation is 2. The lowest BCUT2D eigenvalue weighted by Gasteiger charge is -2.11. The molecule has 5 nitrogen and oxygen atoms in total. The summed E-state index contributed by atoms with van der Waals surface area (Å²) in [6.45, 7) is 4.05. The number of aromatic nitrogens is 2. The molecule has 1 fully saturated rings. The van der Waals surface area contributed by atoms with Gasteiger partial charge in [0.05, 0.1) is 0 Å². The number of para-hydroxylation sites is 1. The maximum absolute atomic E-state index is 12.0. The highest BCUT2D eigenvalue weighted by Crippen LogP contribution is 2.22. The van der Waals surface area contributed by atoms with E-state index in [9.17, 15) is 4.79 Å². The number of hydrogen-bond acceptors (Lipinski definition) is 4. The van der Waals surface area contributed by atoms with Crippen LogP contribution in [-0.4, -0.2) is 21.9 Å². The largest absolute Gasteiger partial charge is 0.348 e. The minimum atomic E-state index is -0.135. The molecule has 2 N–H and O–H groups in total. The third kappa shape index (κ3) is 3.18. The van der Waals surface area contributed by atoms with Gasteiger partial charge in [0, 0.05) is 17.9 Å². The Morgan fingerprint density at radius 2 is 1.90 bits per heavy atom. The topological polar surface area (TPSA) is 66.9 Å². The van der Waals surface area contributed by atoms with Crippen LogP contribution < -0.4 is 10.6 Å². The lowest BCUT2D eigenvalue weighted by molar-refractivity contribution is 0.0946. The summed E-state index contributed by atoms with van der Waals surface area (Å²) in [7, 11) is 0. The van der Waals surface area contributed by atoms with Crippen LogP contribution in [-0.2, 0) is 0 Å². The Hall–Kier alpha value is -2.43. The predicted octanol–water partition coefficient (Wildman–Crippen LogP) is 2.73. The van der Waals surface area contributed by atoms with Crippen molar-refractivity contribution < 1.29 is 4.79 Å². The molecule has 1 heterocycles. The number of nitrogens with zero attached hydrogens (tertiary/aromatic N) is 2. The Balaban J connectivity index is 1.81. The van der Waals surface area contributed by atoms with E-state index in [1.54, 1.807) is 12.3 Å². The van der Waals surface area contributed by atoms with E-state index in [-0.39, 0.29) is 5.91 Å². The van der Waals surface area contributed by atoms with Gasteiger partial charge in [0.15, 0.2) is 0 Å². The molecule has 3 rings (SSSR count). The van der Waals surface area contributed by atoms with E-state index in [2.05, 4.69) is 20.6 Å². The molecule has 2 aromatic rings. The molecular formula is C16H18N4O. The van der Waals surface area contributed by atoms with E-state index in [4.69, 9.17) is 0 Å². The molecule has 5 heteroatoms. The molecule has 0 spiro atoms. The third-order valence-corrected chi connectivity index (χ3v) is 3.52. The van der Waals surface area contributed by atoms with E-state index in [0.717, 1.165) is 29.7 Å². The zero-order valence-corrected chi connectivity index (χ0v) is 12.2. The number of benzene rings is 1. The maximum Gasteiger partial charge on any atom is 0.270 e. The number of anilines is 2. The van der Waals surface area contributed by atoms with Crippen molar-refractivity contribution in [3.63, 3.8) is 0 Å². The van der Waals surface area contributed by atoms with Crippen molar-refractivity contribution in [1.29, 1.82) is 0 Å². The van der Waals surface area contributed by atoms with Crippen LogP contribution in [0.25, 0.3) is 0 Å². The second-order valence-corrected chi connectivity index (χ2v) is 5.41. The minimum Gasteiger partial charge on any atom is -0.348 e. The smallest absolute Gasteiger partial charge is 0.270 e. The zero-order chi connectivity index (χ0) is 14.8. The first kappa shape index (κ1) is 13.5. The first-order valence-electron chi connectivity index (χ1n) is 7.10. The summed E-state index contributed by atoms with van der Waals surface area (Å²) in [6.07, 6.45) is 3.72. The average Bonchev–Trinajstić information content (AvgIpc) is 3.27. The Labute approximate surface area is 123 Å². The average molecular weight is 282 g/mol. The van der Waals surface area contributed by atoms with Crippen molar-refractivity contribution in [2.24, 2.45) is 0 Å². The van der Waals surface area contributed by atoms with Gasteiger partial charge in [0.25, 0.3) is 5.91 Å². The van der Waals surface area contributed by atoms with E-state index < -0.39 is 0 Å². The summed E-state index contributed by atoms with van der Waals surface area (Å²) in [4.78, 5) is 20.5. The zero-order valence-electron chi connectivity index (χ0n) is 12.2. The Morgan fingerprint density at radius 3 is 2.57 bits per heavy atom. The minimum absolute atomic E-state index is 0.135. The third-order valence-electron chi connectivity index (χ3n) is 3.52. The summed E-state index contributed by atoms with van der Waals surface area (Å²) >= 11 is 0. The summed E-state index contributed by atoms with van der Waals surface area (Å²) in [5.74, 6) is 0.306. The predicted molar refractivity (Wildman–Crippen MR) is 81.7 cm³/mol. The highest BCUT2D eigenvalue weighted by molar-refractivity contribution is 5.92. The van der Waals surface area contributed by atoms with Gasteiger partial charge in [-0.2, -0.15) is 0 Å². The molecule has 108 valence electrons. The standard InChI is InChI=1S/C16H18N4O/c1-10-4-3-5-11(2)14(10)20-16-17-9-8-13(19-16)15(21)18-12-6-7-12/h3-5,8-9,12H,6-7H2,1-2H3,(H,18,21)(H,17,19,20). The second-order valence-electron chi connectivity index (χ2n) is 5.41. The molecule has 0 radical (unpaired) electrons. The van der Waals surface area contributed by atoms with Crippen molar-refractivity contribution in [1.82, 2.24) is 15.3 Å². The van der Waals surface area contributed by atoms with Gasteiger partial charge in [0.2, 0.25) is 5.95 Å². The van der Waals surface area contributed by atoms with E-state index in [0.29, 0.717) is 17.7 Å². The molecule has 1 aliphatic carbocycles. The highest BCUT2D eigenvalue weighted by atomic mass is 16.2. The number of amides is 1. The van der Waals surface area contributed by atoms with Gasteiger partial charge >= 0.3 is 0 Å². The Morgan fingerprint density at radius 1 is 1.19 bits per heavy atom. The molecule has 1 aliphatic rings. The van der Waals surface area contributed by atoms with Crippen molar-refractivity contribution in [3.05, 3.63) is 47.3 Å². The molecule has 0 saturated heterocycles. The molecule has 1 saturated carbocycles. The molecule has 0 atom stereocenters. The molecule has 21 heavy (non-hydrogen) atoms. The molecule has 0 aliphatic heterocycles. The molecular weight excluding hydrogens is 264 g/mol. The van der Waals surface area contributed by atoms with Crippen molar-refractivity contribution in [3.8, 4) is 0 Å². The Bertz CT molecular complexity index is 659. The number of carbonyl (C=O) groups is 1. The quantitative estimate of drug-likeness (QED) is 0.905. The van der Waals surface area contributed by atoms with E-state index in [1.807, 2.05) is 32.0 Å². The summed E-state index contributed by atoms with van der Waals surface area (Å²) < 4.78 is 0. The number of rotatable bonds is 4. The number of nitrogens with one attached hydrogen (secondary N) is 2. The van der Waals surface area contributed by atoms with Crippen LogP contribution in [0.3, 0.4) is 0 Å². The summed E-state index contributed by atoms with van der Waals surface area (Å²) in [5.41, 5.74) is 3.61. The lowest BCUT2D eigenvalue weighted by Crippen LogP contribution is -2.26. The van der Waals surface area contributed by atoms with Gasteiger partial charge in [-0.3, -0.25) is 4.79 Å². The van der Waals surface area contributed by atoms with Gasteiger partial charge in [-0.1, -0.05) is 18.2 Å². The number of hydrogen-bond donors (Lipinski definition) is 2. The number of carbonyl (C=O) groups excluding carboxylic acids is 1. The van der Waals surface area contributed by atoms with Gasteiger partial charge < -0.3 is 10.6 Å². The van der Waals surface area contributed by atoms with E-state index >= 15 is 0 Å². The highest BCUT2D eigenvalue weighted by Gasteiger charge is 2.24. The van der Waals surface area contributed by atoms with Gasteiger partial charge in [-0.25, -0.2) is 9.97 Å².